The number of rotatable bonds is 7. The monoisotopic (exact) mass is 278 g/mol. The number of aromatic hydroxyl groups is 1. The Kier molecular flexibility index (Phi) is 6.02. The largest absolute Gasteiger partial charge is 0.508 e. The summed E-state index contributed by atoms with van der Waals surface area (Å²) in [6.45, 7) is 7.45. The molecule has 1 rings (SSSR count). The summed E-state index contributed by atoms with van der Waals surface area (Å²) in [5, 5.41) is 9.52. The predicted molar refractivity (Wildman–Crippen MR) is 82.8 cm³/mol. The van der Waals surface area contributed by atoms with E-state index in [2.05, 4.69) is 13.8 Å². The predicted octanol–water partition coefficient (Wildman–Crippen LogP) is 2.90. The second-order valence-electron chi connectivity index (χ2n) is 5.86. The quantitative estimate of drug-likeness (QED) is 0.806. The Morgan fingerprint density at radius 2 is 2.05 bits per heavy atom. The Bertz CT molecular complexity index is 444. The number of carbonyl (C=O) groups excluding carboxylic acids is 1. The minimum Gasteiger partial charge on any atom is -0.508 e. The molecule has 0 bridgehead atoms. The highest BCUT2D eigenvalue weighted by Gasteiger charge is 2.21. The number of nitrogens with zero attached hydrogens (tertiary/aromatic N) is 1. The minimum atomic E-state index is 0.0860. The van der Waals surface area contributed by atoms with Crippen molar-refractivity contribution in [2.24, 2.45) is 11.1 Å². The van der Waals surface area contributed by atoms with Gasteiger partial charge in [0.25, 0.3) is 0 Å². The van der Waals surface area contributed by atoms with Crippen molar-refractivity contribution in [3.63, 3.8) is 0 Å². The third kappa shape index (κ3) is 4.85. The number of amides is 1. The van der Waals surface area contributed by atoms with Gasteiger partial charge in [0.1, 0.15) is 5.75 Å². The van der Waals surface area contributed by atoms with Crippen molar-refractivity contribution in [1.29, 1.82) is 0 Å². The van der Waals surface area contributed by atoms with Crippen LogP contribution in [0.4, 0.5) is 5.69 Å². The summed E-state index contributed by atoms with van der Waals surface area (Å²) in [6, 6.07) is 6.81. The molecule has 0 aliphatic heterocycles. The first-order valence-corrected chi connectivity index (χ1v) is 7.19. The molecule has 1 aromatic rings. The van der Waals surface area contributed by atoms with Gasteiger partial charge < -0.3 is 15.7 Å². The zero-order valence-corrected chi connectivity index (χ0v) is 12.7. The van der Waals surface area contributed by atoms with E-state index in [4.69, 9.17) is 5.73 Å². The first-order valence-electron chi connectivity index (χ1n) is 7.19. The fourth-order valence-corrected chi connectivity index (χ4v) is 2.26. The summed E-state index contributed by atoms with van der Waals surface area (Å²) in [4.78, 5) is 14.1. The highest BCUT2D eigenvalue weighted by Crippen LogP contribution is 2.27. The van der Waals surface area contributed by atoms with Crippen molar-refractivity contribution in [2.75, 3.05) is 18.0 Å². The topological polar surface area (TPSA) is 66.6 Å². The van der Waals surface area contributed by atoms with E-state index in [-0.39, 0.29) is 17.1 Å². The summed E-state index contributed by atoms with van der Waals surface area (Å²) in [6.07, 6.45) is 2.23. The van der Waals surface area contributed by atoms with E-state index < -0.39 is 0 Å². The van der Waals surface area contributed by atoms with Gasteiger partial charge in [-0.1, -0.05) is 19.9 Å². The van der Waals surface area contributed by atoms with Gasteiger partial charge in [-0.05, 0) is 43.9 Å². The molecule has 0 heterocycles. The lowest BCUT2D eigenvalue weighted by Gasteiger charge is -2.26. The van der Waals surface area contributed by atoms with Crippen molar-refractivity contribution in [1.82, 2.24) is 0 Å². The van der Waals surface area contributed by atoms with E-state index in [1.165, 1.54) is 0 Å². The fraction of sp³-hybridized carbons (Fsp3) is 0.562. The van der Waals surface area contributed by atoms with Gasteiger partial charge in [-0.2, -0.15) is 0 Å². The Morgan fingerprint density at radius 3 is 2.60 bits per heavy atom. The van der Waals surface area contributed by atoms with Crippen LogP contribution in [0.3, 0.4) is 0 Å². The van der Waals surface area contributed by atoms with Crippen molar-refractivity contribution >= 4 is 11.6 Å². The molecule has 0 aliphatic rings. The van der Waals surface area contributed by atoms with Crippen molar-refractivity contribution in [3.05, 3.63) is 24.3 Å². The van der Waals surface area contributed by atoms with Gasteiger partial charge in [-0.25, -0.2) is 0 Å². The normalized spacial score (nSPS) is 11.4. The SMILES string of the molecule is CCN(C(=O)CCC(C)(C)CCN)c1cccc(O)c1. The maximum atomic E-state index is 12.3. The van der Waals surface area contributed by atoms with Gasteiger partial charge in [0.05, 0.1) is 0 Å². The number of anilines is 1. The average Bonchev–Trinajstić information content (AvgIpc) is 2.37. The molecule has 4 heteroatoms. The molecule has 3 N–H and O–H groups in total. The second-order valence-corrected chi connectivity index (χ2v) is 5.86. The fourth-order valence-electron chi connectivity index (χ4n) is 2.26. The number of carbonyl (C=O) groups is 1. The highest BCUT2D eigenvalue weighted by atomic mass is 16.3. The molecular formula is C16H26N2O2. The number of hydrogen-bond acceptors (Lipinski definition) is 3. The Labute approximate surface area is 121 Å². The molecule has 112 valence electrons. The summed E-state index contributed by atoms with van der Waals surface area (Å²) >= 11 is 0. The van der Waals surface area contributed by atoms with Gasteiger partial charge in [-0.3, -0.25) is 4.79 Å². The van der Waals surface area contributed by atoms with E-state index >= 15 is 0 Å². The lowest BCUT2D eigenvalue weighted by Crippen LogP contribution is -2.31. The average molecular weight is 278 g/mol. The van der Waals surface area contributed by atoms with Gasteiger partial charge in [-0.15, -0.1) is 0 Å². The van der Waals surface area contributed by atoms with Gasteiger partial charge >= 0.3 is 0 Å². The van der Waals surface area contributed by atoms with E-state index in [9.17, 15) is 9.90 Å². The molecule has 0 saturated carbocycles. The molecule has 1 aromatic carbocycles. The molecule has 0 radical (unpaired) electrons. The first kappa shape index (κ1) is 16.5. The minimum absolute atomic E-state index is 0.0860. The van der Waals surface area contributed by atoms with Crippen LogP contribution in [0.5, 0.6) is 5.75 Å². The Hall–Kier alpha value is -1.55. The van der Waals surface area contributed by atoms with Gasteiger partial charge in [0, 0.05) is 24.7 Å². The van der Waals surface area contributed by atoms with Crippen LogP contribution in [0.1, 0.15) is 40.0 Å². The first-order chi connectivity index (χ1) is 9.39. The molecule has 0 aliphatic carbocycles. The van der Waals surface area contributed by atoms with Crippen LogP contribution in [-0.2, 0) is 4.79 Å². The zero-order valence-electron chi connectivity index (χ0n) is 12.7. The number of hydrogen-bond donors (Lipinski definition) is 2. The van der Waals surface area contributed by atoms with Crippen molar-refractivity contribution < 1.29 is 9.90 Å². The molecule has 0 unspecified atom stereocenters. The number of benzene rings is 1. The van der Waals surface area contributed by atoms with Crippen LogP contribution < -0.4 is 10.6 Å². The molecule has 20 heavy (non-hydrogen) atoms. The van der Waals surface area contributed by atoms with Crippen LogP contribution in [0.2, 0.25) is 0 Å². The second kappa shape index (κ2) is 7.29. The van der Waals surface area contributed by atoms with Crippen molar-refractivity contribution in [3.8, 4) is 5.75 Å². The zero-order chi connectivity index (χ0) is 15.2. The molecular weight excluding hydrogens is 252 g/mol. The van der Waals surface area contributed by atoms with Crippen LogP contribution in [0, 0.1) is 5.41 Å². The van der Waals surface area contributed by atoms with E-state index in [0.717, 1.165) is 18.5 Å². The third-order valence-electron chi connectivity index (χ3n) is 3.60. The summed E-state index contributed by atoms with van der Waals surface area (Å²) in [5.74, 6) is 0.264. The lowest BCUT2D eigenvalue weighted by atomic mass is 9.84. The summed E-state index contributed by atoms with van der Waals surface area (Å²) < 4.78 is 0. The van der Waals surface area contributed by atoms with E-state index in [1.807, 2.05) is 13.0 Å². The smallest absolute Gasteiger partial charge is 0.226 e. The molecule has 1 amide bonds. The lowest BCUT2D eigenvalue weighted by molar-refractivity contribution is -0.119. The molecule has 0 fully saturated rings. The molecule has 0 atom stereocenters. The number of phenols is 1. The van der Waals surface area contributed by atoms with Crippen molar-refractivity contribution in [2.45, 2.75) is 40.0 Å². The van der Waals surface area contributed by atoms with E-state index in [1.54, 1.807) is 23.1 Å². The van der Waals surface area contributed by atoms with Gasteiger partial charge in [0.15, 0.2) is 0 Å². The molecule has 4 nitrogen and oxygen atoms in total. The van der Waals surface area contributed by atoms with Crippen LogP contribution in [0.15, 0.2) is 24.3 Å². The molecule has 0 spiro atoms. The van der Waals surface area contributed by atoms with E-state index in [0.29, 0.717) is 19.5 Å². The highest BCUT2D eigenvalue weighted by molar-refractivity contribution is 5.93. The summed E-state index contributed by atoms with van der Waals surface area (Å²) in [5.41, 5.74) is 6.42. The Morgan fingerprint density at radius 1 is 1.35 bits per heavy atom. The maximum Gasteiger partial charge on any atom is 0.226 e. The molecule has 0 aromatic heterocycles. The van der Waals surface area contributed by atoms with Crippen LogP contribution >= 0.6 is 0 Å². The van der Waals surface area contributed by atoms with Crippen LogP contribution in [0.25, 0.3) is 0 Å². The maximum absolute atomic E-state index is 12.3. The van der Waals surface area contributed by atoms with Gasteiger partial charge in [0.2, 0.25) is 5.91 Å². The van der Waals surface area contributed by atoms with Crippen LogP contribution in [-0.4, -0.2) is 24.1 Å². The summed E-state index contributed by atoms with van der Waals surface area (Å²) in [7, 11) is 0. The third-order valence-corrected chi connectivity index (χ3v) is 3.60. The number of nitrogens with two attached hydrogens (primary N) is 1. The molecule has 0 saturated heterocycles. The Balaban J connectivity index is 2.69. The number of phenolic OH excluding ortho intramolecular Hbond substituents is 1. The standard InChI is InChI=1S/C16H26N2O2/c1-4-18(13-6-5-7-14(19)12-13)15(20)8-9-16(2,3)10-11-17/h5-7,12,19H,4,8-11,17H2,1-3H3.